The van der Waals surface area contributed by atoms with Crippen LogP contribution in [-0.2, 0) is 6.54 Å². The third-order valence-electron chi connectivity index (χ3n) is 3.95. The van der Waals surface area contributed by atoms with Crippen molar-refractivity contribution in [2.24, 2.45) is 10.2 Å². The Kier molecular flexibility index (Phi) is 10.0. The van der Waals surface area contributed by atoms with Crippen molar-refractivity contribution in [3.63, 3.8) is 0 Å². The van der Waals surface area contributed by atoms with Gasteiger partial charge in [-0.2, -0.15) is 10.2 Å². The topological polar surface area (TPSA) is 89.2 Å². The van der Waals surface area contributed by atoms with Crippen molar-refractivity contribution in [1.82, 2.24) is 26.4 Å². The van der Waals surface area contributed by atoms with Gasteiger partial charge in [-0.1, -0.05) is 0 Å². The van der Waals surface area contributed by atoms with Gasteiger partial charge in [-0.05, 0) is 71.2 Å². The van der Waals surface area contributed by atoms with Crippen molar-refractivity contribution in [3.05, 3.63) is 23.7 Å². The Morgan fingerprint density at radius 2 is 1.54 bits per heavy atom. The largest absolute Gasteiger partial charge is 0.458 e. The van der Waals surface area contributed by atoms with Crippen LogP contribution in [0.25, 0.3) is 0 Å². The van der Waals surface area contributed by atoms with Gasteiger partial charge in [0.1, 0.15) is 11.5 Å². The summed E-state index contributed by atoms with van der Waals surface area (Å²) in [6.45, 7) is 11.2. The molecule has 0 aliphatic carbocycles. The molecule has 8 nitrogen and oxygen atoms in total. The Balaban J connectivity index is 3.12. The van der Waals surface area contributed by atoms with Crippen molar-refractivity contribution in [3.8, 4) is 0 Å². The molecule has 1 heterocycles. The van der Waals surface area contributed by atoms with Crippen LogP contribution in [0, 0.1) is 0 Å². The first-order chi connectivity index (χ1) is 13.2. The molecule has 0 spiro atoms. The molecule has 10 heteroatoms. The summed E-state index contributed by atoms with van der Waals surface area (Å²) in [6.07, 6.45) is 0. The summed E-state index contributed by atoms with van der Waals surface area (Å²) in [6, 6.07) is 4.66. The maximum absolute atomic E-state index is 6.06. The van der Waals surface area contributed by atoms with Gasteiger partial charge in [0.05, 0.1) is 12.3 Å². The van der Waals surface area contributed by atoms with Crippen LogP contribution in [0.4, 0.5) is 0 Å². The van der Waals surface area contributed by atoms with E-state index < -0.39 is 0 Å². The van der Waals surface area contributed by atoms with Crippen molar-refractivity contribution < 1.29 is 4.42 Å². The molecule has 0 atom stereocenters. The molecule has 0 saturated carbocycles. The highest BCUT2D eigenvalue weighted by Gasteiger charge is 2.18. The summed E-state index contributed by atoms with van der Waals surface area (Å²) in [5.74, 6) is 1.44. The molecule has 0 bridgehead atoms. The summed E-state index contributed by atoms with van der Waals surface area (Å²) < 4.78 is 6.06. The summed E-state index contributed by atoms with van der Waals surface area (Å²) in [5.41, 5.74) is 6.65. The molecular weight excluding hydrogens is 394 g/mol. The van der Waals surface area contributed by atoms with E-state index in [9.17, 15) is 0 Å². The molecule has 0 aromatic carbocycles. The standard InChI is InChI=1S/C18H31N7OS2/c1-11(2)25(12(3)4)10-14-8-9-15(26-14)16(22-24-18(28)20-7)13(5)21-23-17(27)19-6/h8-9,11-12H,10H2,1-7H3,(H2,19,23,27)(H2,20,24,28)/b21-13+,22-16-. The first-order valence-corrected chi connectivity index (χ1v) is 9.93. The lowest BCUT2D eigenvalue weighted by molar-refractivity contribution is 0.153. The minimum absolute atomic E-state index is 0.390. The number of hydrogen-bond acceptors (Lipinski definition) is 6. The molecule has 0 saturated heterocycles. The smallest absolute Gasteiger partial charge is 0.186 e. The molecule has 0 aliphatic rings. The van der Waals surface area contributed by atoms with Gasteiger partial charge < -0.3 is 15.1 Å². The number of hydrazone groups is 2. The van der Waals surface area contributed by atoms with E-state index in [0.29, 0.717) is 46.0 Å². The van der Waals surface area contributed by atoms with E-state index in [1.54, 1.807) is 14.1 Å². The lowest BCUT2D eigenvalue weighted by atomic mass is 10.2. The van der Waals surface area contributed by atoms with E-state index in [2.05, 4.69) is 64.3 Å². The quantitative estimate of drug-likeness (QED) is 0.286. The van der Waals surface area contributed by atoms with Gasteiger partial charge in [0.15, 0.2) is 16.0 Å². The van der Waals surface area contributed by atoms with E-state index in [1.165, 1.54) is 0 Å². The summed E-state index contributed by atoms with van der Waals surface area (Å²) >= 11 is 10.2. The maximum atomic E-state index is 6.06. The third kappa shape index (κ3) is 7.53. The average Bonchev–Trinajstić information content (AvgIpc) is 3.11. The number of hydrogen-bond donors (Lipinski definition) is 4. The predicted octanol–water partition coefficient (Wildman–Crippen LogP) is 2.17. The first-order valence-electron chi connectivity index (χ1n) is 9.12. The second-order valence-corrected chi connectivity index (χ2v) is 7.48. The van der Waals surface area contributed by atoms with Crippen molar-refractivity contribution in [2.75, 3.05) is 14.1 Å². The SMILES string of the molecule is CNC(=S)N/N=C(/C(C)=N/NC(=S)NC)c1ccc(CN(C(C)C)C(C)C)o1. The first kappa shape index (κ1) is 24.0. The molecule has 28 heavy (non-hydrogen) atoms. The molecule has 0 unspecified atom stereocenters. The van der Waals surface area contributed by atoms with Crippen LogP contribution in [0.5, 0.6) is 0 Å². The monoisotopic (exact) mass is 425 g/mol. The highest BCUT2D eigenvalue weighted by molar-refractivity contribution is 7.80. The fourth-order valence-corrected chi connectivity index (χ4v) is 2.54. The third-order valence-corrected chi connectivity index (χ3v) is 4.54. The molecule has 156 valence electrons. The van der Waals surface area contributed by atoms with E-state index in [-0.39, 0.29) is 0 Å². The van der Waals surface area contributed by atoms with Gasteiger partial charge in [0.25, 0.3) is 0 Å². The zero-order valence-electron chi connectivity index (χ0n) is 17.6. The number of furan rings is 1. The highest BCUT2D eigenvalue weighted by Crippen LogP contribution is 2.16. The van der Waals surface area contributed by atoms with Crippen LogP contribution in [-0.4, -0.2) is 52.7 Å². The van der Waals surface area contributed by atoms with Gasteiger partial charge in [0.2, 0.25) is 0 Å². The van der Waals surface area contributed by atoms with E-state index >= 15 is 0 Å². The molecule has 1 aromatic heterocycles. The fourth-order valence-electron chi connectivity index (χ4n) is 2.45. The molecule has 0 fully saturated rings. The van der Waals surface area contributed by atoms with Gasteiger partial charge in [0, 0.05) is 26.2 Å². The molecule has 4 N–H and O–H groups in total. The minimum atomic E-state index is 0.390. The van der Waals surface area contributed by atoms with Gasteiger partial charge >= 0.3 is 0 Å². The minimum Gasteiger partial charge on any atom is -0.458 e. The highest BCUT2D eigenvalue weighted by atomic mass is 32.1. The average molecular weight is 426 g/mol. The van der Waals surface area contributed by atoms with E-state index in [0.717, 1.165) is 5.76 Å². The molecule has 0 radical (unpaired) electrons. The van der Waals surface area contributed by atoms with E-state index in [1.807, 2.05) is 19.1 Å². The lowest BCUT2D eigenvalue weighted by Gasteiger charge is -2.29. The fraction of sp³-hybridized carbons (Fsp3) is 0.556. The van der Waals surface area contributed by atoms with Crippen molar-refractivity contribution >= 4 is 46.1 Å². The van der Waals surface area contributed by atoms with Crippen LogP contribution >= 0.6 is 24.4 Å². The second kappa shape index (κ2) is 11.7. The van der Waals surface area contributed by atoms with Gasteiger partial charge in [-0.25, -0.2) is 0 Å². The number of nitrogens with zero attached hydrogens (tertiary/aromatic N) is 3. The number of thiocarbonyl (C=S) groups is 2. The Morgan fingerprint density at radius 1 is 1.00 bits per heavy atom. The van der Waals surface area contributed by atoms with Crippen molar-refractivity contribution in [1.29, 1.82) is 0 Å². The molecule has 1 aromatic rings. The van der Waals surface area contributed by atoms with E-state index in [4.69, 9.17) is 28.9 Å². The zero-order valence-corrected chi connectivity index (χ0v) is 19.2. The number of nitrogens with one attached hydrogen (secondary N) is 4. The zero-order chi connectivity index (χ0) is 21.3. The van der Waals surface area contributed by atoms with Crippen molar-refractivity contribution in [2.45, 2.75) is 53.2 Å². The Bertz CT molecular complexity index is 717. The van der Waals surface area contributed by atoms with Crippen LogP contribution in [0.1, 0.15) is 46.1 Å². The maximum Gasteiger partial charge on any atom is 0.186 e. The Hall–Kier alpha value is -2.04. The number of rotatable bonds is 8. The Labute approximate surface area is 178 Å². The summed E-state index contributed by atoms with van der Waals surface area (Å²) in [5, 5.41) is 15.0. The Morgan fingerprint density at radius 3 is 2.04 bits per heavy atom. The van der Waals surface area contributed by atoms with Crippen LogP contribution in [0.2, 0.25) is 0 Å². The predicted molar refractivity (Wildman–Crippen MR) is 124 cm³/mol. The van der Waals surface area contributed by atoms with Crippen LogP contribution in [0.15, 0.2) is 26.8 Å². The lowest BCUT2D eigenvalue weighted by Crippen LogP contribution is -2.36. The molecular formula is C18H31N7OS2. The molecule has 0 amide bonds. The van der Waals surface area contributed by atoms with Crippen LogP contribution < -0.4 is 21.5 Å². The van der Waals surface area contributed by atoms with Gasteiger partial charge in [-0.3, -0.25) is 15.8 Å². The van der Waals surface area contributed by atoms with Gasteiger partial charge in [-0.15, -0.1) is 0 Å². The van der Waals surface area contributed by atoms with Crippen LogP contribution in [0.3, 0.4) is 0 Å². The normalized spacial score (nSPS) is 12.5. The second-order valence-electron chi connectivity index (χ2n) is 6.67. The summed E-state index contributed by atoms with van der Waals surface area (Å²) in [4.78, 5) is 2.35. The molecule has 0 aliphatic heterocycles. The molecule has 1 rings (SSSR count). The summed E-state index contributed by atoms with van der Waals surface area (Å²) in [7, 11) is 3.44.